The number of ether oxygens (including phenoxy) is 1. The Morgan fingerprint density at radius 1 is 1.28 bits per heavy atom. The highest BCUT2D eigenvalue weighted by Crippen LogP contribution is 2.32. The average molecular weight is 557 g/mol. The van der Waals surface area contributed by atoms with Gasteiger partial charge in [-0.2, -0.15) is 9.78 Å². The van der Waals surface area contributed by atoms with Crippen molar-refractivity contribution in [3.8, 4) is 11.4 Å². The smallest absolute Gasteiger partial charge is 0.435 e. The summed E-state index contributed by atoms with van der Waals surface area (Å²) >= 11 is 1.86. The zero-order valence-electron chi connectivity index (χ0n) is 17.3. The molecule has 0 atom stereocenters. The minimum absolute atomic E-state index is 0.0953. The first kappa shape index (κ1) is 22.3. The lowest BCUT2D eigenvalue weighted by atomic mass is 9.96. The third kappa shape index (κ3) is 3.98. The number of carboxylic acid groups (broad SMARTS) is 1. The van der Waals surface area contributed by atoms with E-state index >= 15 is 4.39 Å². The van der Waals surface area contributed by atoms with E-state index in [0.29, 0.717) is 9.26 Å². The lowest BCUT2D eigenvalue weighted by Crippen LogP contribution is -2.35. The molecule has 1 aliphatic rings. The van der Waals surface area contributed by atoms with E-state index in [-0.39, 0.29) is 41.9 Å². The van der Waals surface area contributed by atoms with Gasteiger partial charge in [0.25, 0.3) is 0 Å². The molecule has 0 saturated heterocycles. The van der Waals surface area contributed by atoms with E-state index in [0.717, 1.165) is 9.58 Å². The second-order valence-corrected chi connectivity index (χ2v) is 9.27. The van der Waals surface area contributed by atoms with Gasteiger partial charge in [0.05, 0.1) is 18.3 Å². The lowest BCUT2D eigenvalue weighted by molar-refractivity contribution is 0.0522. The SMILES string of the molecule is CC(C)(C)OC(=O)n1nc(I)c2nc(-c3c(F)cc4c(c3F)CN(C(=O)O)CC4)ncc21. The van der Waals surface area contributed by atoms with Crippen LogP contribution in [0.25, 0.3) is 22.4 Å². The summed E-state index contributed by atoms with van der Waals surface area (Å²) < 4.78 is 36.8. The minimum atomic E-state index is -1.18. The second-order valence-electron chi connectivity index (χ2n) is 8.25. The molecule has 4 rings (SSSR count). The molecule has 3 heterocycles. The van der Waals surface area contributed by atoms with E-state index in [1.165, 1.54) is 12.3 Å². The lowest BCUT2D eigenvalue weighted by Gasteiger charge is -2.27. The highest BCUT2D eigenvalue weighted by molar-refractivity contribution is 14.1. The Bertz CT molecular complexity index is 1270. The number of nitrogens with zero attached hydrogens (tertiary/aromatic N) is 5. The number of hydrogen-bond acceptors (Lipinski definition) is 6. The number of hydrogen-bond donors (Lipinski definition) is 1. The van der Waals surface area contributed by atoms with Gasteiger partial charge in [0.2, 0.25) is 0 Å². The van der Waals surface area contributed by atoms with E-state index < -0.39 is 35.0 Å². The fourth-order valence-electron chi connectivity index (χ4n) is 3.43. The van der Waals surface area contributed by atoms with Crippen molar-refractivity contribution in [2.24, 2.45) is 0 Å². The Labute approximate surface area is 194 Å². The third-order valence-corrected chi connectivity index (χ3v) is 5.58. The molecule has 0 bridgehead atoms. The first-order valence-electron chi connectivity index (χ1n) is 9.59. The Balaban J connectivity index is 1.80. The van der Waals surface area contributed by atoms with Gasteiger partial charge in [0, 0.05) is 12.1 Å². The summed E-state index contributed by atoms with van der Waals surface area (Å²) in [7, 11) is 0. The van der Waals surface area contributed by atoms with Gasteiger partial charge >= 0.3 is 12.2 Å². The van der Waals surface area contributed by atoms with Crippen molar-refractivity contribution >= 4 is 45.8 Å². The molecule has 1 N–H and O–H groups in total. The molecule has 0 saturated carbocycles. The number of halogens is 3. The van der Waals surface area contributed by atoms with E-state index in [4.69, 9.17) is 4.74 Å². The van der Waals surface area contributed by atoms with Crippen molar-refractivity contribution in [2.75, 3.05) is 6.54 Å². The molecule has 9 nitrogen and oxygen atoms in total. The van der Waals surface area contributed by atoms with Gasteiger partial charge in [-0.3, -0.25) is 0 Å². The van der Waals surface area contributed by atoms with Crippen LogP contribution >= 0.6 is 22.6 Å². The molecule has 0 unspecified atom stereocenters. The van der Waals surface area contributed by atoms with E-state index in [1.807, 2.05) is 22.6 Å². The highest BCUT2D eigenvalue weighted by Gasteiger charge is 2.29. The van der Waals surface area contributed by atoms with Gasteiger partial charge in [-0.05, 0) is 61.4 Å². The average Bonchev–Trinajstić information content (AvgIpc) is 3.03. The van der Waals surface area contributed by atoms with Crippen molar-refractivity contribution in [1.82, 2.24) is 24.6 Å². The zero-order chi connectivity index (χ0) is 23.4. The molecular formula is C20H18F2IN5O4. The van der Waals surface area contributed by atoms with Crippen LogP contribution in [-0.4, -0.2) is 54.1 Å². The van der Waals surface area contributed by atoms with Crippen molar-refractivity contribution in [3.63, 3.8) is 0 Å². The molecule has 1 aromatic carbocycles. The number of carbonyl (C=O) groups excluding carboxylic acids is 1. The van der Waals surface area contributed by atoms with Gasteiger partial charge < -0.3 is 14.7 Å². The second kappa shape index (κ2) is 7.90. The first-order chi connectivity index (χ1) is 15.0. The van der Waals surface area contributed by atoms with Crippen LogP contribution < -0.4 is 0 Å². The van der Waals surface area contributed by atoms with Gasteiger partial charge in [-0.1, -0.05) is 0 Å². The van der Waals surface area contributed by atoms with Crippen LogP contribution in [0.5, 0.6) is 0 Å². The zero-order valence-corrected chi connectivity index (χ0v) is 19.5. The molecule has 0 radical (unpaired) electrons. The van der Waals surface area contributed by atoms with Crippen LogP contribution in [0.2, 0.25) is 0 Å². The van der Waals surface area contributed by atoms with Gasteiger partial charge in [-0.15, -0.1) is 0 Å². The van der Waals surface area contributed by atoms with E-state index in [1.54, 1.807) is 20.8 Å². The fraction of sp³-hybridized carbons (Fsp3) is 0.350. The highest BCUT2D eigenvalue weighted by atomic mass is 127. The molecule has 0 fully saturated rings. The summed E-state index contributed by atoms with van der Waals surface area (Å²) in [5.41, 5.74) is -0.250. The molecule has 0 spiro atoms. The predicted octanol–water partition coefficient (Wildman–Crippen LogP) is 4.20. The number of carbonyl (C=O) groups is 2. The number of amides is 1. The quantitative estimate of drug-likeness (QED) is 0.447. The summed E-state index contributed by atoms with van der Waals surface area (Å²) in [6, 6.07) is 1.19. The summed E-state index contributed by atoms with van der Waals surface area (Å²) in [4.78, 5) is 33.1. The van der Waals surface area contributed by atoms with Crippen molar-refractivity contribution in [2.45, 2.75) is 39.3 Å². The molecule has 0 aliphatic carbocycles. The van der Waals surface area contributed by atoms with Crippen LogP contribution in [0, 0.1) is 15.3 Å². The Morgan fingerprint density at radius 3 is 2.66 bits per heavy atom. The van der Waals surface area contributed by atoms with E-state index in [2.05, 4.69) is 15.1 Å². The normalized spacial score (nSPS) is 13.9. The predicted molar refractivity (Wildman–Crippen MR) is 117 cm³/mol. The number of aromatic nitrogens is 4. The summed E-state index contributed by atoms with van der Waals surface area (Å²) in [5, 5.41) is 13.3. The van der Waals surface area contributed by atoms with Crippen molar-refractivity contribution in [3.05, 3.63) is 38.7 Å². The van der Waals surface area contributed by atoms with Crippen LogP contribution in [0.3, 0.4) is 0 Å². The summed E-state index contributed by atoms with van der Waals surface area (Å²) in [6.07, 6.45) is -0.459. The molecule has 1 aliphatic heterocycles. The molecule has 2 aromatic heterocycles. The topological polar surface area (TPSA) is 110 Å². The Hall–Kier alpha value is -2.90. The summed E-state index contributed by atoms with van der Waals surface area (Å²) in [6.45, 7) is 5.10. The molecule has 3 aromatic rings. The van der Waals surface area contributed by atoms with Gasteiger partial charge in [-0.25, -0.2) is 28.3 Å². The third-order valence-electron chi connectivity index (χ3n) is 4.85. The number of fused-ring (bicyclic) bond motifs is 2. The molecule has 168 valence electrons. The largest absolute Gasteiger partial charge is 0.465 e. The van der Waals surface area contributed by atoms with Crippen LogP contribution in [0.15, 0.2) is 12.3 Å². The standard InChI is InChI=1S/C20H18F2IN5O4/c1-20(2,3)32-19(31)28-12-7-24-17(25-15(12)16(23)26-28)13-11(21)6-9-4-5-27(18(29)30)8-10(9)14(13)22/h6-7H,4-5,8H2,1-3H3,(H,29,30). The molecular weight excluding hydrogens is 539 g/mol. The summed E-state index contributed by atoms with van der Waals surface area (Å²) in [5.74, 6) is -1.98. The number of rotatable bonds is 1. The maximum Gasteiger partial charge on any atom is 0.435 e. The van der Waals surface area contributed by atoms with Crippen LogP contribution in [0.4, 0.5) is 18.4 Å². The maximum atomic E-state index is 15.3. The van der Waals surface area contributed by atoms with Gasteiger partial charge in [0.1, 0.15) is 32.0 Å². The molecule has 12 heteroatoms. The Kier molecular flexibility index (Phi) is 5.51. The monoisotopic (exact) mass is 557 g/mol. The molecule has 32 heavy (non-hydrogen) atoms. The van der Waals surface area contributed by atoms with Crippen LogP contribution in [0.1, 0.15) is 31.9 Å². The minimum Gasteiger partial charge on any atom is -0.465 e. The first-order valence-corrected chi connectivity index (χ1v) is 10.7. The van der Waals surface area contributed by atoms with Crippen LogP contribution in [-0.2, 0) is 17.7 Å². The van der Waals surface area contributed by atoms with Gasteiger partial charge in [0.15, 0.2) is 5.82 Å². The van der Waals surface area contributed by atoms with Crippen molar-refractivity contribution < 1.29 is 28.2 Å². The van der Waals surface area contributed by atoms with E-state index in [9.17, 15) is 19.1 Å². The molecule has 1 amide bonds. The fourth-order valence-corrected chi connectivity index (χ4v) is 4.05. The Morgan fingerprint density at radius 2 is 2.00 bits per heavy atom. The maximum absolute atomic E-state index is 15.3. The van der Waals surface area contributed by atoms with Crippen molar-refractivity contribution in [1.29, 1.82) is 0 Å². The number of benzene rings is 1.